The maximum absolute atomic E-state index is 12.1. The molecule has 1 heterocycles. The van der Waals surface area contributed by atoms with Gasteiger partial charge in [0.05, 0.1) is 19.2 Å². The van der Waals surface area contributed by atoms with Gasteiger partial charge < -0.3 is 19.3 Å². The highest BCUT2D eigenvalue weighted by Gasteiger charge is 2.15. The molecule has 0 fully saturated rings. The zero-order valence-corrected chi connectivity index (χ0v) is 13.8. The van der Waals surface area contributed by atoms with Gasteiger partial charge in [0, 0.05) is 6.07 Å². The lowest BCUT2D eigenvalue weighted by Crippen LogP contribution is -2.28. The predicted molar refractivity (Wildman–Crippen MR) is 92.8 cm³/mol. The summed E-state index contributed by atoms with van der Waals surface area (Å²) in [5.41, 5.74) is 0.949. The summed E-state index contributed by atoms with van der Waals surface area (Å²) in [5, 5.41) is 6.57. The normalized spacial score (nSPS) is 10.3. The number of hydrogen-bond donors (Lipinski definition) is 1. The van der Waals surface area contributed by atoms with Crippen LogP contribution >= 0.6 is 0 Å². The highest BCUT2D eigenvalue weighted by molar-refractivity contribution is 5.93. The van der Waals surface area contributed by atoms with Crippen molar-refractivity contribution in [3.05, 3.63) is 66.4 Å². The van der Waals surface area contributed by atoms with Crippen LogP contribution in [0.2, 0.25) is 0 Å². The third kappa shape index (κ3) is 4.17. The maximum Gasteiger partial charge on any atom is 0.273 e. The number of nitrogens with one attached hydrogen (secondary N) is 1. The second-order valence-electron chi connectivity index (χ2n) is 5.19. The molecule has 0 bridgehead atoms. The van der Waals surface area contributed by atoms with E-state index < -0.39 is 0 Å². The number of para-hydroxylation sites is 2. The van der Waals surface area contributed by atoms with Crippen molar-refractivity contribution in [3.8, 4) is 22.8 Å². The molecule has 0 aliphatic carbocycles. The fourth-order valence-electron chi connectivity index (χ4n) is 2.30. The van der Waals surface area contributed by atoms with Gasteiger partial charge in [-0.15, -0.1) is 0 Å². The summed E-state index contributed by atoms with van der Waals surface area (Å²) in [4.78, 5) is 12.1. The number of hydrogen-bond acceptors (Lipinski definition) is 5. The summed E-state index contributed by atoms with van der Waals surface area (Å²) in [6.07, 6.45) is 0. The summed E-state index contributed by atoms with van der Waals surface area (Å²) in [7, 11) is 1.58. The molecule has 6 heteroatoms. The van der Waals surface area contributed by atoms with Crippen molar-refractivity contribution in [2.45, 2.75) is 0 Å². The van der Waals surface area contributed by atoms with Gasteiger partial charge >= 0.3 is 0 Å². The first-order valence-electron chi connectivity index (χ1n) is 7.84. The van der Waals surface area contributed by atoms with Crippen molar-refractivity contribution in [1.82, 2.24) is 10.5 Å². The summed E-state index contributed by atoms with van der Waals surface area (Å²) >= 11 is 0. The molecule has 2 aromatic carbocycles. The minimum absolute atomic E-state index is 0.209. The van der Waals surface area contributed by atoms with Gasteiger partial charge in [0.1, 0.15) is 18.1 Å². The molecule has 3 rings (SSSR count). The third-order valence-electron chi connectivity index (χ3n) is 3.51. The molecule has 25 heavy (non-hydrogen) atoms. The Morgan fingerprint density at radius 1 is 1.12 bits per heavy atom. The van der Waals surface area contributed by atoms with Gasteiger partial charge in [-0.2, -0.15) is 0 Å². The standard InChI is InChI=1S/C19H18N2O4/c1-23-17-10-6-5-9-15(17)18-13-16(21-25-18)19(22)20-11-12-24-14-7-3-2-4-8-14/h2-10,13H,11-12H2,1H3,(H,20,22). The number of benzene rings is 2. The highest BCUT2D eigenvalue weighted by atomic mass is 16.5. The van der Waals surface area contributed by atoms with Crippen LogP contribution < -0.4 is 14.8 Å². The van der Waals surface area contributed by atoms with E-state index in [1.54, 1.807) is 13.2 Å². The van der Waals surface area contributed by atoms with E-state index in [1.165, 1.54) is 0 Å². The number of aromatic nitrogens is 1. The van der Waals surface area contributed by atoms with E-state index in [1.807, 2.05) is 54.6 Å². The first kappa shape index (κ1) is 16.6. The second kappa shape index (κ2) is 8.01. The van der Waals surface area contributed by atoms with Crippen molar-refractivity contribution in [3.63, 3.8) is 0 Å². The molecule has 0 aliphatic rings. The van der Waals surface area contributed by atoms with Crippen LogP contribution in [0.15, 0.2) is 65.2 Å². The van der Waals surface area contributed by atoms with Gasteiger partial charge in [0.25, 0.3) is 5.91 Å². The van der Waals surface area contributed by atoms with E-state index in [9.17, 15) is 4.79 Å². The summed E-state index contributed by atoms with van der Waals surface area (Å²) in [6.45, 7) is 0.734. The van der Waals surface area contributed by atoms with Crippen molar-refractivity contribution in [2.75, 3.05) is 20.3 Å². The SMILES string of the molecule is COc1ccccc1-c1cc(C(=O)NCCOc2ccccc2)no1. The van der Waals surface area contributed by atoms with Crippen molar-refractivity contribution in [2.24, 2.45) is 0 Å². The molecule has 0 aliphatic heterocycles. The smallest absolute Gasteiger partial charge is 0.273 e. The van der Waals surface area contributed by atoms with Crippen LogP contribution in [0.4, 0.5) is 0 Å². The average Bonchev–Trinajstić information content (AvgIpc) is 3.16. The van der Waals surface area contributed by atoms with Crippen LogP contribution in [0.3, 0.4) is 0 Å². The summed E-state index contributed by atoms with van der Waals surface area (Å²) in [5.74, 6) is 1.57. The van der Waals surface area contributed by atoms with E-state index in [4.69, 9.17) is 14.0 Å². The number of methoxy groups -OCH3 is 1. The van der Waals surface area contributed by atoms with Gasteiger partial charge in [-0.25, -0.2) is 0 Å². The molecule has 3 aromatic rings. The Labute approximate surface area is 145 Å². The van der Waals surface area contributed by atoms with Crippen LogP contribution in [0, 0.1) is 0 Å². The summed E-state index contributed by atoms with van der Waals surface area (Å²) < 4.78 is 16.1. The van der Waals surface area contributed by atoms with Crippen LogP contribution in [0.1, 0.15) is 10.5 Å². The van der Waals surface area contributed by atoms with E-state index in [0.717, 1.165) is 11.3 Å². The lowest BCUT2D eigenvalue weighted by atomic mass is 10.1. The molecule has 1 N–H and O–H groups in total. The minimum Gasteiger partial charge on any atom is -0.496 e. The van der Waals surface area contributed by atoms with Crippen LogP contribution in [0.25, 0.3) is 11.3 Å². The maximum atomic E-state index is 12.1. The van der Waals surface area contributed by atoms with E-state index in [-0.39, 0.29) is 11.6 Å². The Morgan fingerprint density at radius 2 is 1.88 bits per heavy atom. The number of carbonyl (C=O) groups excluding carboxylic acids is 1. The number of amides is 1. The van der Waals surface area contributed by atoms with E-state index in [0.29, 0.717) is 24.7 Å². The largest absolute Gasteiger partial charge is 0.496 e. The van der Waals surface area contributed by atoms with Crippen LogP contribution in [0.5, 0.6) is 11.5 Å². The average molecular weight is 338 g/mol. The Balaban J connectivity index is 1.56. The highest BCUT2D eigenvalue weighted by Crippen LogP contribution is 2.29. The molecule has 0 spiro atoms. The number of carbonyl (C=O) groups is 1. The lowest BCUT2D eigenvalue weighted by Gasteiger charge is -2.06. The van der Waals surface area contributed by atoms with Gasteiger partial charge in [-0.3, -0.25) is 4.79 Å². The van der Waals surface area contributed by atoms with E-state index in [2.05, 4.69) is 10.5 Å². The zero-order chi connectivity index (χ0) is 17.5. The topological polar surface area (TPSA) is 73.6 Å². The number of ether oxygens (including phenoxy) is 2. The molecule has 0 unspecified atom stereocenters. The van der Waals surface area contributed by atoms with Crippen molar-refractivity contribution < 1.29 is 18.8 Å². The first-order valence-corrected chi connectivity index (χ1v) is 7.84. The Hall–Kier alpha value is -3.28. The monoisotopic (exact) mass is 338 g/mol. The van der Waals surface area contributed by atoms with Crippen molar-refractivity contribution in [1.29, 1.82) is 0 Å². The fraction of sp³-hybridized carbons (Fsp3) is 0.158. The van der Waals surface area contributed by atoms with Crippen LogP contribution in [-0.4, -0.2) is 31.3 Å². The van der Waals surface area contributed by atoms with Crippen molar-refractivity contribution >= 4 is 5.91 Å². The number of nitrogens with zero attached hydrogens (tertiary/aromatic N) is 1. The molecule has 0 radical (unpaired) electrons. The summed E-state index contributed by atoms with van der Waals surface area (Å²) in [6, 6.07) is 18.4. The predicted octanol–water partition coefficient (Wildman–Crippen LogP) is 3.16. The quantitative estimate of drug-likeness (QED) is 0.670. The third-order valence-corrected chi connectivity index (χ3v) is 3.51. The molecular weight excluding hydrogens is 320 g/mol. The second-order valence-corrected chi connectivity index (χ2v) is 5.19. The van der Waals surface area contributed by atoms with Gasteiger partial charge in [-0.1, -0.05) is 35.5 Å². The zero-order valence-electron chi connectivity index (χ0n) is 13.8. The minimum atomic E-state index is -0.318. The fourth-order valence-corrected chi connectivity index (χ4v) is 2.30. The van der Waals surface area contributed by atoms with Gasteiger partial charge in [-0.05, 0) is 24.3 Å². The Bertz CT molecular complexity index is 830. The molecule has 0 atom stereocenters. The van der Waals surface area contributed by atoms with E-state index >= 15 is 0 Å². The molecule has 1 amide bonds. The Kier molecular flexibility index (Phi) is 5.31. The molecule has 0 saturated heterocycles. The molecule has 0 saturated carbocycles. The van der Waals surface area contributed by atoms with Crippen LogP contribution in [-0.2, 0) is 0 Å². The molecule has 128 valence electrons. The molecule has 6 nitrogen and oxygen atoms in total. The Morgan fingerprint density at radius 3 is 2.68 bits per heavy atom. The lowest BCUT2D eigenvalue weighted by molar-refractivity contribution is 0.0938. The molecular formula is C19H18N2O4. The first-order chi connectivity index (χ1) is 12.3. The van der Waals surface area contributed by atoms with Gasteiger partial charge in [0.2, 0.25) is 0 Å². The molecule has 1 aromatic heterocycles. The van der Waals surface area contributed by atoms with Gasteiger partial charge in [0.15, 0.2) is 11.5 Å². The number of rotatable bonds is 7.